The third-order valence-corrected chi connectivity index (χ3v) is 5.13. The largest absolute Gasteiger partial charge is 0.487 e. The minimum atomic E-state index is -2.25. The van der Waals surface area contributed by atoms with E-state index in [2.05, 4.69) is 15.2 Å². The summed E-state index contributed by atoms with van der Waals surface area (Å²) in [5, 5.41) is 2.80. The van der Waals surface area contributed by atoms with Crippen molar-refractivity contribution in [1.29, 1.82) is 0 Å². The van der Waals surface area contributed by atoms with Crippen LogP contribution in [0.3, 0.4) is 0 Å². The van der Waals surface area contributed by atoms with Crippen LogP contribution in [0.5, 0.6) is 5.75 Å². The summed E-state index contributed by atoms with van der Waals surface area (Å²) in [7, 11) is 0. The molecule has 1 saturated heterocycles. The van der Waals surface area contributed by atoms with E-state index in [0.717, 1.165) is 38.4 Å². The van der Waals surface area contributed by atoms with Crippen molar-refractivity contribution >= 4 is 17.5 Å². The number of morpholine rings is 1. The van der Waals surface area contributed by atoms with Gasteiger partial charge < -0.3 is 20.5 Å². The first-order chi connectivity index (χ1) is 16.8. The van der Waals surface area contributed by atoms with Crippen molar-refractivity contribution < 1.29 is 21.8 Å². The number of nitrogens with zero attached hydrogens (tertiary/aromatic N) is 2. The minimum Gasteiger partial charge on any atom is -0.487 e. The highest BCUT2D eigenvalue weighted by atomic mass is 16.5. The summed E-state index contributed by atoms with van der Waals surface area (Å²) in [6.45, 7) is 1.81. The molecular formula is C25H26N4O4. The summed E-state index contributed by atoms with van der Waals surface area (Å²) < 4.78 is 27.5. The van der Waals surface area contributed by atoms with E-state index in [9.17, 15) is 9.59 Å². The summed E-state index contributed by atoms with van der Waals surface area (Å²) in [5.74, 6) is -0.944. The van der Waals surface area contributed by atoms with Gasteiger partial charge in [-0.05, 0) is 41.5 Å². The Kier molecular flexibility index (Phi) is 6.46. The number of amides is 2. The number of ether oxygens (including phenoxy) is 2. The normalized spacial score (nSPS) is 15.3. The zero-order valence-corrected chi connectivity index (χ0v) is 18.0. The van der Waals surface area contributed by atoms with Gasteiger partial charge >= 0.3 is 0 Å². The van der Waals surface area contributed by atoms with Gasteiger partial charge in [0.2, 0.25) is 5.91 Å². The van der Waals surface area contributed by atoms with E-state index in [1.54, 1.807) is 30.3 Å². The zero-order valence-electron chi connectivity index (χ0n) is 20.0. The van der Waals surface area contributed by atoms with Gasteiger partial charge in [-0.25, -0.2) is 0 Å². The van der Waals surface area contributed by atoms with Gasteiger partial charge in [-0.1, -0.05) is 24.3 Å². The Morgan fingerprint density at radius 2 is 1.85 bits per heavy atom. The van der Waals surface area contributed by atoms with Crippen LogP contribution in [0.1, 0.15) is 34.6 Å². The maximum atomic E-state index is 12.8. The van der Waals surface area contributed by atoms with Crippen molar-refractivity contribution in [2.24, 2.45) is 5.73 Å². The first kappa shape index (κ1) is 19.9. The molecule has 2 heterocycles. The van der Waals surface area contributed by atoms with Crippen molar-refractivity contribution in [3.05, 3.63) is 89.2 Å². The van der Waals surface area contributed by atoms with Crippen molar-refractivity contribution in [1.82, 2.24) is 9.88 Å². The van der Waals surface area contributed by atoms with Crippen LogP contribution in [0.25, 0.3) is 0 Å². The maximum absolute atomic E-state index is 12.8. The second kappa shape index (κ2) is 10.7. The SMILES string of the molecule is [2H]C([2H])(Oc1cncc(C(N)=O)c1)c1cccc(NC(=O)c2ccc(CN3CCOCC3)cc2)c1. The van der Waals surface area contributed by atoms with E-state index in [1.165, 1.54) is 24.5 Å². The number of aromatic nitrogens is 1. The molecule has 0 aliphatic carbocycles. The molecule has 1 aliphatic heterocycles. The van der Waals surface area contributed by atoms with Crippen LogP contribution in [-0.2, 0) is 17.8 Å². The molecule has 1 aromatic heterocycles. The molecule has 1 aliphatic rings. The van der Waals surface area contributed by atoms with Gasteiger partial charge in [0.05, 0.1) is 27.7 Å². The highest BCUT2D eigenvalue weighted by Gasteiger charge is 2.12. The van der Waals surface area contributed by atoms with Crippen LogP contribution in [0.2, 0.25) is 0 Å². The predicted molar refractivity (Wildman–Crippen MR) is 124 cm³/mol. The molecule has 0 saturated carbocycles. The summed E-state index contributed by atoms with van der Waals surface area (Å²) in [4.78, 5) is 30.3. The molecule has 2 aromatic carbocycles. The smallest absolute Gasteiger partial charge is 0.255 e. The Hall–Kier alpha value is -3.75. The van der Waals surface area contributed by atoms with Gasteiger partial charge in [0, 0.05) is 37.1 Å². The van der Waals surface area contributed by atoms with E-state index in [0.29, 0.717) is 11.3 Å². The molecule has 2 amide bonds. The van der Waals surface area contributed by atoms with Crippen LogP contribution in [0.15, 0.2) is 67.0 Å². The lowest BCUT2D eigenvalue weighted by Crippen LogP contribution is -2.35. The summed E-state index contributed by atoms with van der Waals surface area (Å²) in [5.41, 5.74) is 7.56. The van der Waals surface area contributed by atoms with Crippen LogP contribution in [0, 0.1) is 0 Å². The van der Waals surface area contributed by atoms with E-state index in [-0.39, 0.29) is 22.8 Å². The molecule has 0 bridgehead atoms. The third-order valence-electron chi connectivity index (χ3n) is 5.13. The number of rotatable bonds is 8. The number of nitrogens with two attached hydrogens (primary N) is 1. The number of carbonyl (C=O) groups is 2. The second-order valence-electron chi connectivity index (χ2n) is 7.60. The number of primary amides is 1. The topological polar surface area (TPSA) is 107 Å². The van der Waals surface area contributed by atoms with Crippen molar-refractivity contribution in [3.8, 4) is 5.75 Å². The standard InChI is InChI=1S/C25H26N4O4/c26-24(30)21-13-23(15-27-14-21)33-17-19-2-1-3-22(12-19)28-25(31)20-6-4-18(5-7-20)16-29-8-10-32-11-9-29/h1-7,12-15H,8-11,16-17H2,(H2,26,30)(H,28,31)/i17D2. The molecule has 0 spiro atoms. The molecule has 170 valence electrons. The summed E-state index contributed by atoms with van der Waals surface area (Å²) >= 11 is 0. The lowest BCUT2D eigenvalue weighted by atomic mass is 10.1. The molecule has 8 nitrogen and oxygen atoms in total. The average molecular weight is 449 g/mol. The molecule has 0 atom stereocenters. The van der Waals surface area contributed by atoms with E-state index in [1.807, 2.05) is 12.1 Å². The van der Waals surface area contributed by atoms with Crippen molar-refractivity contribution in [2.45, 2.75) is 13.1 Å². The van der Waals surface area contributed by atoms with Crippen LogP contribution in [-0.4, -0.2) is 48.0 Å². The number of hydrogen-bond acceptors (Lipinski definition) is 6. The van der Waals surface area contributed by atoms with Gasteiger partial charge in [-0.15, -0.1) is 0 Å². The quantitative estimate of drug-likeness (QED) is 0.549. The maximum Gasteiger partial charge on any atom is 0.255 e. The van der Waals surface area contributed by atoms with Gasteiger partial charge in [0.25, 0.3) is 5.91 Å². The molecule has 0 unspecified atom stereocenters. The number of carbonyl (C=O) groups excluding carboxylic acids is 2. The Bertz CT molecular complexity index is 1200. The molecule has 4 rings (SSSR count). The highest BCUT2D eigenvalue weighted by molar-refractivity contribution is 6.04. The number of pyridine rings is 1. The minimum absolute atomic E-state index is 0.0536. The van der Waals surface area contributed by atoms with E-state index < -0.39 is 12.5 Å². The Morgan fingerprint density at radius 1 is 1.06 bits per heavy atom. The summed E-state index contributed by atoms with van der Waals surface area (Å²) in [6, 6.07) is 15.1. The first-order valence-corrected chi connectivity index (χ1v) is 10.5. The van der Waals surface area contributed by atoms with Gasteiger partial charge in [0.15, 0.2) is 0 Å². The fourth-order valence-electron chi connectivity index (χ4n) is 3.37. The highest BCUT2D eigenvalue weighted by Crippen LogP contribution is 2.17. The first-order valence-electron chi connectivity index (χ1n) is 11.5. The lowest BCUT2D eigenvalue weighted by molar-refractivity contribution is 0.0342. The average Bonchev–Trinajstić information content (AvgIpc) is 2.85. The Balaban J connectivity index is 1.41. The third kappa shape index (κ3) is 6.38. The molecule has 8 heteroatoms. The lowest BCUT2D eigenvalue weighted by Gasteiger charge is -2.26. The van der Waals surface area contributed by atoms with Crippen LogP contribution in [0.4, 0.5) is 5.69 Å². The number of anilines is 1. The fourth-order valence-corrected chi connectivity index (χ4v) is 3.37. The number of benzene rings is 2. The van der Waals surface area contributed by atoms with Crippen molar-refractivity contribution in [2.75, 3.05) is 31.6 Å². The Labute approximate surface area is 195 Å². The van der Waals surface area contributed by atoms with Crippen molar-refractivity contribution in [3.63, 3.8) is 0 Å². The number of hydrogen-bond donors (Lipinski definition) is 2. The Morgan fingerprint density at radius 3 is 2.61 bits per heavy atom. The molecule has 1 fully saturated rings. The second-order valence-corrected chi connectivity index (χ2v) is 7.60. The van der Waals surface area contributed by atoms with E-state index in [4.69, 9.17) is 17.9 Å². The van der Waals surface area contributed by atoms with Gasteiger partial charge in [-0.2, -0.15) is 0 Å². The summed E-state index contributed by atoms with van der Waals surface area (Å²) in [6.07, 6.45) is 2.56. The molecule has 33 heavy (non-hydrogen) atoms. The monoisotopic (exact) mass is 448 g/mol. The van der Waals surface area contributed by atoms with Crippen LogP contribution >= 0.6 is 0 Å². The molecular weight excluding hydrogens is 420 g/mol. The predicted octanol–water partition coefficient (Wildman–Crippen LogP) is 2.84. The van der Waals surface area contributed by atoms with Crippen LogP contribution < -0.4 is 15.8 Å². The molecule has 3 N–H and O–H groups in total. The van der Waals surface area contributed by atoms with E-state index >= 15 is 0 Å². The fraction of sp³-hybridized carbons (Fsp3) is 0.240. The molecule has 3 aromatic rings. The van der Waals surface area contributed by atoms with Gasteiger partial charge in [0.1, 0.15) is 12.3 Å². The molecule has 0 radical (unpaired) electrons. The zero-order chi connectivity index (χ0) is 24.8. The number of nitrogens with one attached hydrogen (secondary N) is 1. The van der Waals surface area contributed by atoms with Gasteiger partial charge in [-0.3, -0.25) is 19.5 Å².